The third-order valence-electron chi connectivity index (χ3n) is 5.59. The molecule has 0 spiro atoms. The van der Waals surface area contributed by atoms with Crippen molar-refractivity contribution in [3.8, 4) is 0 Å². The summed E-state index contributed by atoms with van der Waals surface area (Å²) in [7, 11) is 1.84. The summed E-state index contributed by atoms with van der Waals surface area (Å²) < 4.78 is 2.16. The molecule has 0 bridgehead atoms. The molecule has 0 saturated carbocycles. The lowest BCUT2D eigenvalue weighted by Gasteiger charge is -2.20. The normalized spacial score (nSPS) is 15.9. The highest BCUT2D eigenvalue weighted by Gasteiger charge is 2.08. The standard InChI is InChI=1S/C23H36N6/c1-20-25-12-16-29(20)19-22-10-7-9-21(17-22)18-27-23(24-2)26-11-8-15-28-13-5-3-4-6-14-28/h7,9-10,12,16-17H,3-6,8,11,13-15,18-19H2,1-2H3,(H2,24,26,27). The number of imidazole rings is 1. The fourth-order valence-corrected chi connectivity index (χ4v) is 3.88. The topological polar surface area (TPSA) is 57.5 Å². The summed E-state index contributed by atoms with van der Waals surface area (Å²) >= 11 is 0. The van der Waals surface area contributed by atoms with Crippen LogP contribution in [0.25, 0.3) is 0 Å². The van der Waals surface area contributed by atoms with Crippen LogP contribution >= 0.6 is 0 Å². The van der Waals surface area contributed by atoms with Crippen molar-refractivity contribution in [2.45, 2.75) is 52.1 Å². The van der Waals surface area contributed by atoms with Gasteiger partial charge in [-0.15, -0.1) is 0 Å². The Morgan fingerprint density at radius 2 is 1.90 bits per heavy atom. The summed E-state index contributed by atoms with van der Waals surface area (Å²) in [5, 5.41) is 6.89. The zero-order chi connectivity index (χ0) is 20.3. The van der Waals surface area contributed by atoms with E-state index in [4.69, 9.17) is 0 Å². The van der Waals surface area contributed by atoms with E-state index in [1.807, 2.05) is 26.4 Å². The summed E-state index contributed by atoms with van der Waals surface area (Å²) in [6.45, 7) is 8.32. The molecule has 158 valence electrons. The smallest absolute Gasteiger partial charge is 0.191 e. The van der Waals surface area contributed by atoms with Crippen molar-refractivity contribution in [3.05, 3.63) is 53.6 Å². The molecule has 29 heavy (non-hydrogen) atoms. The van der Waals surface area contributed by atoms with Crippen LogP contribution in [0.1, 0.15) is 49.1 Å². The van der Waals surface area contributed by atoms with Gasteiger partial charge in [-0.05, 0) is 56.9 Å². The van der Waals surface area contributed by atoms with Gasteiger partial charge in [0.1, 0.15) is 5.82 Å². The minimum absolute atomic E-state index is 0.766. The Balaban J connectivity index is 1.39. The summed E-state index contributed by atoms with van der Waals surface area (Å²) in [5.74, 6) is 1.91. The molecular weight excluding hydrogens is 360 g/mol. The van der Waals surface area contributed by atoms with E-state index in [1.54, 1.807) is 0 Å². The van der Waals surface area contributed by atoms with Crippen LogP contribution in [0.15, 0.2) is 41.7 Å². The molecule has 0 aliphatic carbocycles. The molecule has 0 radical (unpaired) electrons. The largest absolute Gasteiger partial charge is 0.356 e. The molecule has 6 nitrogen and oxygen atoms in total. The summed E-state index contributed by atoms with van der Waals surface area (Å²) in [6.07, 6.45) is 10.5. The first-order valence-corrected chi connectivity index (χ1v) is 11.0. The van der Waals surface area contributed by atoms with E-state index in [-0.39, 0.29) is 0 Å². The lowest BCUT2D eigenvalue weighted by atomic mass is 10.1. The number of hydrogen-bond acceptors (Lipinski definition) is 3. The molecule has 2 aromatic rings. The van der Waals surface area contributed by atoms with Gasteiger partial charge in [0, 0.05) is 39.1 Å². The number of guanidine groups is 1. The third-order valence-corrected chi connectivity index (χ3v) is 5.59. The van der Waals surface area contributed by atoms with Gasteiger partial charge in [0.2, 0.25) is 0 Å². The molecule has 1 aromatic carbocycles. The zero-order valence-electron chi connectivity index (χ0n) is 18.0. The quantitative estimate of drug-likeness (QED) is 0.409. The van der Waals surface area contributed by atoms with Crippen LogP contribution in [0, 0.1) is 6.92 Å². The van der Waals surface area contributed by atoms with Crippen molar-refractivity contribution in [3.63, 3.8) is 0 Å². The van der Waals surface area contributed by atoms with E-state index in [9.17, 15) is 0 Å². The van der Waals surface area contributed by atoms with Crippen molar-refractivity contribution >= 4 is 5.96 Å². The molecule has 0 unspecified atom stereocenters. The molecular formula is C23H36N6. The van der Waals surface area contributed by atoms with E-state index in [0.717, 1.165) is 37.8 Å². The Hall–Kier alpha value is -2.34. The highest BCUT2D eigenvalue weighted by Crippen LogP contribution is 2.10. The van der Waals surface area contributed by atoms with Gasteiger partial charge in [-0.1, -0.05) is 37.1 Å². The Kier molecular flexibility index (Phi) is 8.56. The van der Waals surface area contributed by atoms with E-state index >= 15 is 0 Å². The molecule has 6 heteroatoms. The predicted molar refractivity (Wildman–Crippen MR) is 120 cm³/mol. The van der Waals surface area contributed by atoms with Crippen LogP contribution in [0.5, 0.6) is 0 Å². The van der Waals surface area contributed by atoms with Crippen LogP contribution < -0.4 is 10.6 Å². The number of aliphatic imine (C=N–C) groups is 1. The maximum absolute atomic E-state index is 4.37. The number of likely N-dealkylation sites (tertiary alicyclic amines) is 1. The monoisotopic (exact) mass is 396 g/mol. The third kappa shape index (κ3) is 7.20. The average molecular weight is 397 g/mol. The van der Waals surface area contributed by atoms with Gasteiger partial charge in [-0.3, -0.25) is 4.99 Å². The molecule has 1 saturated heterocycles. The van der Waals surface area contributed by atoms with Crippen LogP contribution in [0.4, 0.5) is 0 Å². The highest BCUT2D eigenvalue weighted by atomic mass is 15.2. The van der Waals surface area contributed by atoms with E-state index in [2.05, 4.69) is 54.3 Å². The van der Waals surface area contributed by atoms with Gasteiger partial charge < -0.3 is 20.1 Å². The van der Waals surface area contributed by atoms with E-state index < -0.39 is 0 Å². The van der Waals surface area contributed by atoms with Gasteiger partial charge in [-0.25, -0.2) is 4.98 Å². The predicted octanol–water partition coefficient (Wildman–Crippen LogP) is 3.17. The fraction of sp³-hybridized carbons (Fsp3) is 0.565. The van der Waals surface area contributed by atoms with E-state index in [0.29, 0.717) is 0 Å². The van der Waals surface area contributed by atoms with Crippen LogP contribution in [-0.4, -0.2) is 53.6 Å². The van der Waals surface area contributed by atoms with Crippen LogP contribution in [0.3, 0.4) is 0 Å². The Morgan fingerprint density at radius 1 is 1.10 bits per heavy atom. The van der Waals surface area contributed by atoms with Crippen molar-refractivity contribution in [1.29, 1.82) is 0 Å². The molecule has 1 aromatic heterocycles. The summed E-state index contributed by atoms with van der Waals surface area (Å²) in [6, 6.07) is 8.69. The molecule has 0 amide bonds. The first kappa shape index (κ1) is 21.4. The fourth-order valence-electron chi connectivity index (χ4n) is 3.88. The number of nitrogens with one attached hydrogen (secondary N) is 2. The maximum Gasteiger partial charge on any atom is 0.191 e. The minimum atomic E-state index is 0.766. The highest BCUT2D eigenvalue weighted by molar-refractivity contribution is 5.79. The molecule has 1 fully saturated rings. The van der Waals surface area contributed by atoms with Crippen molar-refractivity contribution < 1.29 is 0 Å². The number of benzene rings is 1. The lowest BCUT2D eigenvalue weighted by Crippen LogP contribution is -2.38. The Labute approximate surface area is 175 Å². The number of hydrogen-bond donors (Lipinski definition) is 2. The molecule has 1 aliphatic rings. The Morgan fingerprint density at radius 3 is 2.62 bits per heavy atom. The first-order chi connectivity index (χ1) is 14.2. The average Bonchev–Trinajstić information content (AvgIpc) is 2.97. The molecule has 3 rings (SSSR count). The molecule has 2 heterocycles. The number of nitrogens with zero attached hydrogens (tertiary/aromatic N) is 4. The molecule has 0 atom stereocenters. The van der Waals surface area contributed by atoms with Gasteiger partial charge in [0.05, 0.1) is 0 Å². The van der Waals surface area contributed by atoms with E-state index in [1.165, 1.54) is 56.4 Å². The number of aryl methyl sites for hydroxylation is 1. The minimum Gasteiger partial charge on any atom is -0.356 e. The molecule has 2 N–H and O–H groups in total. The first-order valence-electron chi connectivity index (χ1n) is 11.0. The van der Waals surface area contributed by atoms with Crippen LogP contribution in [-0.2, 0) is 13.1 Å². The van der Waals surface area contributed by atoms with Gasteiger partial charge in [0.25, 0.3) is 0 Å². The molecule has 1 aliphatic heterocycles. The second-order valence-electron chi connectivity index (χ2n) is 7.88. The van der Waals surface area contributed by atoms with Crippen molar-refractivity contribution in [1.82, 2.24) is 25.1 Å². The zero-order valence-corrected chi connectivity index (χ0v) is 18.0. The SMILES string of the molecule is CN=C(NCCCN1CCCCCC1)NCc1cccc(Cn2ccnc2C)c1. The summed E-state index contributed by atoms with van der Waals surface area (Å²) in [5.41, 5.74) is 2.54. The summed E-state index contributed by atoms with van der Waals surface area (Å²) in [4.78, 5) is 11.3. The van der Waals surface area contributed by atoms with Crippen molar-refractivity contribution in [2.75, 3.05) is 33.2 Å². The maximum atomic E-state index is 4.37. The van der Waals surface area contributed by atoms with Gasteiger partial charge in [-0.2, -0.15) is 0 Å². The van der Waals surface area contributed by atoms with Gasteiger partial charge in [0.15, 0.2) is 5.96 Å². The van der Waals surface area contributed by atoms with Crippen molar-refractivity contribution in [2.24, 2.45) is 4.99 Å². The Bertz CT molecular complexity index is 758. The second-order valence-corrected chi connectivity index (χ2v) is 7.88. The number of rotatable bonds is 8. The lowest BCUT2D eigenvalue weighted by molar-refractivity contribution is 0.282. The number of aromatic nitrogens is 2. The van der Waals surface area contributed by atoms with Crippen LogP contribution in [0.2, 0.25) is 0 Å². The second kappa shape index (κ2) is 11.6. The van der Waals surface area contributed by atoms with Gasteiger partial charge >= 0.3 is 0 Å².